The number of esters is 2. The molecule has 2 atom stereocenters. The van der Waals surface area contributed by atoms with E-state index in [4.69, 9.17) is 9.47 Å². The van der Waals surface area contributed by atoms with Crippen molar-refractivity contribution in [1.82, 2.24) is 10.6 Å². The molecule has 2 N–H and O–H groups in total. The molecule has 0 fully saturated rings. The van der Waals surface area contributed by atoms with Crippen LogP contribution in [0.15, 0.2) is 97.1 Å². The third-order valence-electron chi connectivity index (χ3n) is 6.70. The molecular formula is C32H32N2O6S2. The maximum atomic E-state index is 13.0. The summed E-state index contributed by atoms with van der Waals surface area (Å²) in [6, 6.07) is 12.7. The number of carbonyl (C=O) groups excluding carboxylic acids is 4. The molecule has 2 aliphatic rings. The average Bonchev–Trinajstić information content (AvgIpc) is 3.76. The Labute approximate surface area is 253 Å². The number of nitrogens with one attached hydrogen (secondary N) is 2. The second kappa shape index (κ2) is 15.3. The minimum absolute atomic E-state index is 0.106. The highest BCUT2D eigenvalue weighted by atomic mass is 33.1. The van der Waals surface area contributed by atoms with Crippen molar-refractivity contribution in [2.45, 2.75) is 23.9 Å². The zero-order valence-corrected chi connectivity index (χ0v) is 24.9. The smallest absolute Gasteiger partial charge is 0.329 e. The van der Waals surface area contributed by atoms with E-state index in [0.29, 0.717) is 11.1 Å². The van der Waals surface area contributed by atoms with Crippen molar-refractivity contribution < 1.29 is 28.7 Å². The highest BCUT2D eigenvalue weighted by Crippen LogP contribution is 2.26. The molecular weight excluding hydrogens is 572 g/mol. The second-order valence-electron chi connectivity index (χ2n) is 9.51. The van der Waals surface area contributed by atoms with Crippen LogP contribution in [0.25, 0.3) is 0 Å². The summed E-state index contributed by atoms with van der Waals surface area (Å²) in [5, 5.41) is 5.50. The van der Waals surface area contributed by atoms with Gasteiger partial charge in [0.15, 0.2) is 0 Å². The van der Waals surface area contributed by atoms with Crippen molar-refractivity contribution in [3.8, 4) is 0 Å². The Morgan fingerprint density at radius 1 is 0.667 bits per heavy atom. The summed E-state index contributed by atoms with van der Waals surface area (Å²) >= 11 is 0. The van der Waals surface area contributed by atoms with Gasteiger partial charge in [0.2, 0.25) is 0 Å². The van der Waals surface area contributed by atoms with Crippen LogP contribution < -0.4 is 10.6 Å². The van der Waals surface area contributed by atoms with Gasteiger partial charge in [0.05, 0.1) is 14.2 Å². The first kappa shape index (κ1) is 30.9. The van der Waals surface area contributed by atoms with Gasteiger partial charge in [0.25, 0.3) is 11.8 Å². The van der Waals surface area contributed by atoms with Gasteiger partial charge in [-0.05, 0) is 35.4 Å². The maximum Gasteiger partial charge on any atom is 0.329 e. The van der Waals surface area contributed by atoms with Gasteiger partial charge in [-0.15, -0.1) is 0 Å². The number of hydrogen-bond acceptors (Lipinski definition) is 8. The number of benzene rings is 2. The number of rotatable bonds is 13. The Balaban J connectivity index is 1.32. The zero-order chi connectivity index (χ0) is 29.9. The van der Waals surface area contributed by atoms with Crippen molar-refractivity contribution in [1.29, 1.82) is 0 Å². The molecule has 0 heterocycles. The van der Waals surface area contributed by atoms with E-state index >= 15 is 0 Å². The topological polar surface area (TPSA) is 111 Å². The van der Waals surface area contributed by atoms with Crippen LogP contribution in [-0.4, -0.2) is 61.6 Å². The monoisotopic (exact) mass is 604 g/mol. The number of ether oxygens (including phenoxy) is 2. The molecule has 2 aromatic rings. The summed E-state index contributed by atoms with van der Waals surface area (Å²) in [4.78, 5) is 50.9. The second-order valence-corrected chi connectivity index (χ2v) is 12.1. The van der Waals surface area contributed by atoms with E-state index in [2.05, 4.69) is 10.6 Å². The summed E-state index contributed by atoms with van der Waals surface area (Å²) in [6.07, 6.45) is 16.0. The van der Waals surface area contributed by atoms with Crippen LogP contribution in [0.5, 0.6) is 0 Å². The molecule has 0 bridgehead atoms. The first-order valence-electron chi connectivity index (χ1n) is 13.3. The Morgan fingerprint density at radius 3 is 1.40 bits per heavy atom. The molecule has 0 aliphatic heterocycles. The lowest BCUT2D eigenvalue weighted by Gasteiger charge is -2.18. The van der Waals surface area contributed by atoms with E-state index < -0.39 is 35.8 Å². The van der Waals surface area contributed by atoms with Gasteiger partial charge in [-0.25, -0.2) is 9.59 Å². The van der Waals surface area contributed by atoms with Crippen LogP contribution in [-0.2, 0) is 19.1 Å². The SMILES string of the molecule is COC(=O)[C@@H](CSSC[C@@H](NC(=O)c1cccc(C2C=CC=C2)c1)C(=O)OC)NC(=O)c1cccc(C2C=CC=C2)c1. The summed E-state index contributed by atoms with van der Waals surface area (Å²) in [7, 11) is 5.06. The first-order chi connectivity index (χ1) is 20.4. The molecule has 0 saturated heterocycles. The summed E-state index contributed by atoms with van der Waals surface area (Å²) < 4.78 is 9.80. The van der Waals surface area contributed by atoms with Gasteiger partial charge in [-0.3, -0.25) is 9.59 Å². The lowest BCUT2D eigenvalue weighted by Crippen LogP contribution is -2.44. The molecule has 0 saturated carbocycles. The van der Waals surface area contributed by atoms with Gasteiger partial charge >= 0.3 is 11.9 Å². The standard InChI is InChI=1S/C32H32N2O6S2/c1-39-31(37)27(33-29(35)25-15-7-13-23(17-25)21-9-3-4-10-21)19-41-42-20-28(32(38)40-2)34-30(36)26-16-8-14-24(18-26)22-11-5-6-12-22/h3-18,21-22,27-28H,19-20H2,1-2H3,(H,33,35)(H,34,36)/t27-,28-/m1/s1. The van der Waals surface area contributed by atoms with E-state index in [1.165, 1.54) is 35.8 Å². The molecule has 218 valence electrons. The molecule has 4 rings (SSSR count). The van der Waals surface area contributed by atoms with Gasteiger partial charge in [-0.2, -0.15) is 0 Å². The molecule has 2 aromatic carbocycles. The third kappa shape index (κ3) is 8.27. The fraction of sp³-hybridized carbons (Fsp3) is 0.250. The van der Waals surface area contributed by atoms with Gasteiger partial charge < -0.3 is 20.1 Å². The van der Waals surface area contributed by atoms with Crippen LogP contribution in [0.1, 0.15) is 43.7 Å². The third-order valence-corrected chi connectivity index (χ3v) is 9.12. The van der Waals surface area contributed by atoms with Crippen molar-refractivity contribution in [2.24, 2.45) is 0 Å². The number of methoxy groups -OCH3 is 2. The Kier molecular flexibility index (Phi) is 11.2. The van der Waals surface area contributed by atoms with Crippen molar-refractivity contribution >= 4 is 45.3 Å². The van der Waals surface area contributed by atoms with E-state index in [0.717, 1.165) is 11.1 Å². The van der Waals surface area contributed by atoms with Crippen LogP contribution in [0.3, 0.4) is 0 Å². The molecule has 0 radical (unpaired) electrons. The zero-order valence-electron chi connectivity index (χ0n) is 23.2. The van der Waals surface area contributed by atoms with Crippen molar-refractivity contribution in [3.05, 3.63) is 119 Å². The predicted octanol–water partition coefficient (Wildman–Crippen LogP) is 4.73. The van der Waals surface area contributed by atoms with E-state index in [1.54, 1.807) is 24.3 Å². The highest BCUT2D eigenvalue weighted by molar-refractivity contribution is 8.76. The quantitative estimate of drug-likeness (QED) is 0.192. The number of carbonyl (C=O) groups is 4. The summed E-state index contributed by atoms with van der Waals surface area (Å²) in [5.74, 6) is -1.38. The Bertz CT molecular complexity index is 1300. The number of allylic oxidation sites excluding steroid dienone is 8. The lowest BCUT2D eigenvalue weighted by atomic mass is 9.98. The molecule has 0 spiro atoms. The van der Waals surface area contributed by atoms with E-state index in [9.17, 15) is 19.2 Å². The molecule has 42 heavy (non-hydrogen) atoms. The lowest BCUT2D eigenvalue weighted by molar-refractivity contribution is -0.143. The van der Waals surface area contributed by atoms with Gasteiger partial charge in [0, 0.05) is 34.5 Å². The molecule has 10 heteroatoms. The Hall–Kier alpha value is -4.02. The molecule has 0 aromatic heterocycles. The fourth-order valence-electron chi connectivity index (χ4n) is 4.42. The fourth-order valence-corrected chi connectivity index (χ4v) is 6.72. The number of amides is 2. The van der Waals surface area contributed by atoms with Crippen LogP contribution in [0.2, 0.25) is 0 Å². The summed E-state index contributed by atoms with van der Waals surface area (Å²) in [6.45, 7) is 0. The van der Waals surface area contributed by atoms with Crippen LogP contribution in [0.4, 0.5) is 0 Å². The van der Waals surface area contributed by atoms with E-state index in [-0.39, 0.29) is 23.3 Å². The predicted molar refractivity (Wildman–Crippen MR) is 166 cm³/mol. The minimum atomic E-state index is -0.914. The summed E-state index contributed by atoms with van der Waals surface area (Å²) in [5.41, 5.74) is 2.82. The minimum Gasteiger partial charge on any atom is -0.467 e. The van der Waals surface area contributed by atoms with Crippen LogP contribution >= 0.6 is 21.6 Å². The number of hydrogen-bond donors (Lipinski definition) is 2. The molecule has 2 aliphatic carbocycles. The van der Waals surface area contributed by atoms with E-state index in [1.807, 2.05) is 72.9 Å². The normalized spacial score (nSPS) is 15.4. The molecule has 8 nitrogen and oxygen atoms in total. The largest absolute Gasteiger partial charge is 0.467 e. The Morgan fingerprint density at radius 2 is 1.05 bits per heavy atom. The first-order valence-corrected chi connectivity index (χ1v) is 15.8. The van der Waals surface area contributed by atoms with Crippen molar-refractivity contribution in [2.75, 3.05) is 25.7 Å². The van der Waals surface area contributed by atoms with Gasteiger partial charge in [0.1, 0.15) is 12.1 Å². The van der Waals surface area contributed by atoms with Gasteiger partial charge in [-0.1, -0.05) is 94.5 Å². The molecule has 2 amide bonds. The average molecular weight is 605 g/mol. The van der Waals surface area contributed by atoms with Crippen LogP contribution in [0, 0.1) is 0 Å². The van der Waals surface area contributed by atoms with Crippen molar-refractivity contribution in [3.63, 3.8) is 0 Å². The maximum absolute atomic E-state index is 13.0. The highest BCUT2D eigenvalue weighted by Gasteiger charge is 2.26. The molecule has 0 unspecified atom stereocenters.